The van der Waals surface area contributed by atoms with Crippen molar-refractivity contribution in [2.24, 2.45) is 0 Å². The second-order valence-electron chi connectivity index (χ2n) is 4.71. The minimum atomic E-state index is 0.899. The number of anilines is 1. The first-order valence-corrected chi connectivity index (χ1v) is 7.33. The van der Waals surface area contributed by atoms with Gasteiger partial charge in [0.1, 0.15) is 0 Å². The van der Waals surface area contributed by atoms with Crippen molar-refractivity contribution in [3.05, 3.63) is 104 Å². The van der Waals surface area contributed by atoms with Crippen molar-refractivity contribution in [2.45, 2.75) is 0 Å². The molecule has 0 aliphatic rings. The van der Waals surface area contributed by atoms with Gasteiger partial charge in [-0.3, -0.25) is 0 Å². The Morgan fingerprint density at radius 1 is 0.696 bits per heavy atom. The van der Waals surface area contributed by atoms with E-state index in [1.807, 2.05) is 54.6 Å². The quantitative estimate of drug-likeness (QED) is 0.627. The first kappa shape index (κ1) is 16.2. The summed E-state index contributed by atoms with van der Waals surface area (Å²) in [7, 11) is 0. The summed E-state index contributed by atoms with van der Waals surface area (Å²) in [6.45, 7) is 11.3. The van der Waals surface area contributed by atoms with Crippen LogP contribution in [0.25, 0.3) is 11.4 Å². The van der Waals surface area contributed by atoms with Gasteiger partial charge < -0.3 is 16.0 Å². The number of benzene rings is 2. The normalized spacial score (nSPS) is 11.0. The van der Waals surface area contributed by atoms with E-state index in [4.69, 9.17) is 0 Å². The van der Waals surface area contributed by atoms with Crippen molar-refractivity contribution >= 4 is 17.1 Å². The fraction of sp³-hybridized carbons (Fsp3) is 0. The number of nitrogens with one attached hydrogen (secondary N) is 3. The summed E-state index contributed by atoms with van der Waals surface area (Å²) < 4.78 is 0. The van der Waals surface area contributed by atoms with E-state index in [0.717, 1.165) is 28.2 Å². The molecule has 3 nitrogen and oxygen atoms in total. The second-order valence-corrected chi connectivity index (χ2v) is 4.71. The minimum absolute atomic E-state index is 0.899. The van der Waals surface area contributed by atoms with Gasteiger partial charge in [0.25, 0.3) is 0 Å². The molecule has 0 radical (unpaired) electrons. The Morgan fingerprint density at radius 2 is 1.30 bits per heavy atom. The van der Waals surface area contributed by atoms with Gasteiger partial charge in [-0.2, -0.15) is 0 Å². The highest BCUT2D eigenvalue weighted by atomic mass is 14.9. The largest absolute Gasteiger partial charge is 0.362 e. The number of hydrogen-bond donors (Lipinski definition) is 3. The van der Waals surface area contributed by atoms with Gasteiger partial charge in [0.15, 0.2) is 0 Å². The lowest BCUT2D eigenvalue weighted by Gasteiger charge is -2.18. The van der Waals surface area contributed by atoms with E-state index in [1.54, 1.807) is 18.6 Å². The average molecular weight is 303 g/mol. The Labute approximate surface area is 137 Å². The molecule has 116 valence electrons. The zero-order valence-corrected chi connectivity index (χ0v) is 13.0. The first-order valence-electron chi connectivity index (χ1n) is 7.33. The highest BCUT2D eigenvalue weighted by Gasteiger charge is 2.13. The maximum Gasteiger partial charge on any atom is 0.0719 e. The van der Waals surface area contributed by atoms with Gasteiger partial charge in [0, 0.05) is 16.8 Å². The first-order chi connectivity index (χ1) is 11.3. The van der Waals surface area contributed by atoms with Gasteiger partial charge in [-0.05, 0) is 24.7 Å². The van der Waals surface area contributed by atoms with E-state index in [2.05, 4.69) is 35.7 Å². The SMILES string of the molecule is C=CNC(=C(NC=C)c1ccccc1NC=C)c1ccccc1. The summed E-state index contributed by atoms with van der Waals surface area (Å²) >= 11 is 0. The van der Waals surface area contributed by atoms with Crippen molar-refractivity contribution < 1.29 is 0 Å². The van der Waals surface area contributed by atoms with Crippen LogP contribution in [0, 0.1) is 0 Å². The molecule has 0 aliphatic heterocycles. The molecule has 2 aromatic rings. The van der Waals surface area contributed by atoms with Crippen molar-refractivity contribution in [2.75, 3.05) is 5.32 Å². The van der Waals surface area contributed by atoms with E-state index in [-0.39, 0.29) is 0 Å². The average Bonchev–Trinajstić information content (AvgIpc) is 2.60. The molecule has 0 unspecified atom stereocenters. The Kier molecular flexibility index (Phi) is 5.83. The van der Waals surface area contributed by atoms with Crippen LogP contribution >= 0.6 is 0 Å². The summed E-state index contributed by atoms with van der Waals surface area (Å²) in [5.74, 6) is 0. The standard InChI is InChI=1S/C20H21N3/c1-4-21-18-15-11-10-14-17(18)20(23-6-3)19(22-5-2)16-12-8-7-9-13-16/h4-15,21-23H,1-3H2. The third kappa shape index (κ3) is 3.92. The fourth-order valence-electron chi connectivity index (χ4n) is 2.33. The topological polar surface area (TPSA) is 36.1 Å². The molecule has 0 atom stereocenters. The van der Waals surface area contributed by atoms with Gasteiger partial charge in [-0.1, -0.05) is 68.3 Å². The van der Waals surface area contributed by atoms with Crippen LogP contribution in [0.3, 0.4) is 0 Å². The Hall–Kier alpha value is -3.20. The molecule has 23 heavy (non-hydrogen) atoms. The predicted molar refractivity (Wildman–Crippen MR) is 100 cm³/mol. The molecule has 3 heteroatoms. The van der Waals surface area contributed by atoms with Crippen LogP contribution in [0.1, 0.15) is 11.1 Å². The molecule has 0 spiro atoms. The highest BCUT2D eigenvalue weighted by molar-refractivity contribution is 5.93. The van der Waals surface area contributed by atoms with Crippen molar-refractivity contribution in [3.63, 3.8) is 0 Å². The van der Waals surface area contributed by atoms with Crippen LogP contribution in [0.4, 0.5) is 5.69 Å². The van der Waals surface area contributed by atoms with E-state index in [1.165, 1.54) is 0 Å². The van der Waals surface area contributed by atoms with Crippen LogP contribution in [-0.2, 0) is 0 Å². The lowest BCUT2D eigenvalue weighted by atomic mass is 10.0. The van der Waals surface area contributed by atoms with Crippen LogP contribution in [0.2, 0.25) is 0 Å². The van der Waals surface area contributed by atoms with Crippen molar-refractivity contribution in [1.82, 2.24) is 10.6 Å². The molecular formula is C20H21N3. The predicted octanol–water partition coefficient (Wildman–Crippen LogP) is 4.53. The maximum atomic E-state index is 3.80. The third-order valence-electron chi connectivity index (χ3n) is 3.26. The van der Waals surface area contributed by atoms with Gasteiger partial charge in [-0.25, -0.2) is 0 Å². The molecule has 2 rings (SSSR count). The third-order valence-corrected chi connectivity index (χ3v) is 3.26. The number of para-hydroxylation sites is 1. The molecule has 0 amide bonds. The van der Waals surface area contributed by atoms with Gasteiger partial charge >= 0.3 is 0 Å². The lowest BCUT2D eigenvalue weighted by molar-refractivity contribution is 1.16. The molecular weight excluding hydrogens is 282 g/mol. The summed E-state index contributed by atoms with van der Waals surface area (Å²) in [6, 6.07) is 18.1. The molecule has 0 aromatic heterocycles. The molecule has 3 N–H and O–H groups in total. The molecule has 2 aromatic carbocycles. The monoisotopic (exact) mass is 303 g/mol. The summed E-state index contributed by atoms with van der Waals surface area (Å²) in [4.78, 5) is 0. The smallest absolute Gasteiger partial charge is 0.0719 e. The molecule has 0 fully saturated rings. The second kappa shape index (κ2) is 8.29. The fourth-order valence-corrected chi connectivity index (χ4v) is 2.33. The Bertz CT molecular complexity index is 715. The van der Waals surface area contributed by atoms with E-state index in [0.29, 0.717) is 0 Å². The maximum absolute atomic E-state index is 3.80. The van der Waals surface area contributed by atoms with Crippen LogP contribution < -0.4 is 16.0 Å². The highest BCUT2D eigenvalue weighted by Crippen LogP contribution is 2.28. The van der Waals surface area contributed by atoms with Crippen LogP contribution in [-0.4, -0.2) is 0 Å². The summed E-state index contributed by atoms with van der Waals surface area (Å²) in [5, 5.41) is 9.64. The molecule has 0 saturated heterocycles. The zero-order valence-electron chi connectivity index (χ0n) is 13.0. The molecule has 0 heterocycles. The van der Waals surface area contributed by atoms with Gasteiger partial charge in [0.2, 0.25) is 0 Å². The Morgan fingerprint density at radius 3 is 1.96 bits per heavy atom. The summed E-state index contributed by atoms with van der Waals surface area (Å²) in [6.07, 6.45) is 4.98. The Balaban J connectivity index is 2.68. The van der Waals surface area contributed by atoms with E-state index in [9.17, 15) is 0 Å². The van der Waals surface area contributed by atoms with E-state index < -0.39 is 0 Å². The molecule has 0 bridgehead atoms. The van der Waals surface area contributed by atoms with E-state index >= 15 is 0 Å². The minimum Gasteiger partial charge on any atom is -0.362 e. The lowest BCUT2D eigenvalue weighted by Crippen LogP contribution is -2.15. The van der Waals surface area contributed by atoms with Gasteiger partial charge in [0.05, 0.1) is 11.4 Å². The molecule has 0 saturated carbocycles. The van der Waals surface area contributed by atoms with Crippen molar-refractivity contribution in [3.8, 4) is 0 Å². The summed E-state index contributed by atoms with van der Waals surface area (Å²) in [5.41, 5.74) is 4.81. The zero-order chi connectivity index (χ0) is 16.5. The van der Waals surface area contributed by atoms with Crippen LogP contribution in [0.5, 0.6) is 0 Å². The van der Waals surface area contributed by atoms with Gasteiger partial charge in [-0.15, -0.1) is 0 Å². The van der Waals surface area contributed by atoms with Crippen molar-refractivity contribution in [1.29, 1.82) is 0 Å². The number of rotatable bonds is 8. The number of hydrogen-bond acceptors (Lipinski definition) is 3. The molecule has 0 aliphatic carbocycles. The van der Waals surface area contributed by atoms with Crippen LogP contribution in [0.15, 0.2) is 92.9 Å².